The summed E-state index contributed by atoms with van der Waals surface area (Å²) in [4.78, 5) is 12.1. The van der Waals surface area contributed by atoms with Gasteiger partial charge in [-0.3, -0.25) is 4.79 Å². The van der Waals surface area contributed by atoms with E-state index in [-0.39, 0.29) is 5.91 Å². The molecule has 0 aliphatic heterocycles. The van der Waals surface area contributed by atoms with Crippen molar-refractivity contribution in [2.24, 2.45) is 0 Å². The molecule has 1 aromatic carbocycles. The number of para-hydroxylation sites is 1. The summed E-state index contributed by atoms with van der Waals surface area (Å²) in [6.07, 6.45) is -0.623. The summed E-state index contributed by atoms with van der Waals surface area (Å²) < 4.78 is 10.7. The number of amides is 1. The van der Waals surface area contributed by atoms with Crippen molar-refractivity contribution >= 4 is 11.7 Å². The minimum absolute atomic E-state index is 0.262. The largest absolute Gasteiger partial charge is 0.481 e. The Kier molecular flexibility index (Phi) is 4.62. The third-order valence-electron chi connectivity index (χ3n) is 3.09. The molecular formula is C16H20N2O3. The van der Waals surface area contributed by atoms with Crippen molar-refractivity contribution < 1.29 is 14.1 Å². The topological polar surface area (TPSA) is 64.4 Å². The Bertz CT molecular complexity index is 619. The van der Waals surface area contributed by atoms with E-state index < -0.39 is 6.10 Å². The van der Waals surface area contributed by atoms with E-state index in [0.29, 0.717) is 17.5 Å². The van der Waals surface area contributed by atoms with Crippen molar-refractivity contribution in [3.63, 3.8) is 0 Å². The monoisotopic (exact) mass is 288 g/mol. The molecule has 1 heterocycles. The van der Waals surface area contributed by atoms with Crippen LogP contribution in [0.5, 0.6) is 5.75 Å². The number of hydrogen-bond acceptors (Lipinski definition) is 4. The molecule has 0 saturated carbocycles. The predicted octanol–water partition coefficient (Wildman–Crippen LogP) is 3.51. The van der Waals surface area contributed by atoms with Gasteiger partial charge >= 0.3 is 0 Å². The van der Waals surface area contributed by atoms with Crippen molar-refractivity contribution in [2.45, 2.75) is 39.7 Å². The summed E-state index contributed by atoms with van der Waals surface area (Å²) in [5.41, 5.74) is 1.08. The minimum Gasteiger partial charge on any atom is -0.481 e. The highest BCUT2D eigenvalue weighted by atomic mass is 16.5. The van der Waals surface area contributed by atoms with Gasteiger partial charge in [0.15, 0.2) is 11.9 Å². The lowest BCUT2D eigenvalue weighted by atomic mass is 10.0. The zero-order valence-electron chi connectivity index (χ0n) is 12.7. The highest BCUT2D eigenvalue weighted by molar-refractivity contribution is 5.93. The van der Waals surface area contributed by atoms with E-state index in [1.807, 2.05) is 24.3 Å². The van der Waals surface area contributed by atoms with E-state index in [1.165, 1.54) is 0 Å². The number of carbonyl (C=O) groups is 1. The summed E-state index contributed by atoms with van der Waals surface area (Å²) >= 11 is 0. The average Bonchev–Trinajstić information content (AvgIpc) is 2.84. The maximum Gasteiger partial charge on any atom is 0.266 e. The molecule has 1 N–H and O–H groups in total. The number of hydrogen-bond donors (Lipinski definition) is 1. The van der Waals surface area contributed by atoms with Crippen LogP contribution in [-0.4, -0.2) is 17.2 Å². The molecule has 0 radical (unpaired) electrons. The zero-order valence-corrected chi connectivity index (χ0v) is 12.7. The summed E-state index contributed by atoms with van der Waals surface area (Å²) in [7, 11) is 0. The molecule has 21 heavy (non-hydrogen) atoms. The van der Waals surface area contributed by atoms with Crippen LogP contribution in [0.2, 0.25) is 0 Å². The van der Waals surface area contributed by atoms with Gasteiger partial charge in [0, 0.05) is 6.07 Å². The van der Waals surface area contributed by atoms with Gasteiger partial charge in [0.2, 0.25) is 0 Å². The Hall–Kier alpha value is -2.30. The smallest absolute Gasteiger partial charge is 0.266 e. The van der Waals surface area contributed by atoms with Crippen molar-refractivity contribution in [2.75, 3.05) is 5.32 Å². The van der Waals surface area contributed by atoms with Crippen LogP contribution in [0.4, 0.5) is 5.82 Å². The lowest BCUT2D eigenvalue weighted by molar-refractivity contribution is -0.122. The third kappa shape index (κ3) is 3.84. The molecule has 0 spiro atoms. The second-order valence-corrected chi connectivity index (χ2v) is 5.26. The van der Waals surface area contributed by atoms with Crippen molar-refractivity contribution in [1.29, 1.82) is 0 Å². The van der Waals surface area contributed by atoms with Crippen molar-refractivity contribution in [3.05, 3.63) is 41.7 Å². The van der Waals surface area contributed by atoms with Gasteiger partial charge in [-0.2, -0.15) is 0 Å². The van der Waals surface area contributed by atoms with Gasteiger partial charge in [-0.1, -0.05) is 37.2 Å². The van der Waals surface area contributed by atoms with Gasteiger partial charge in [0.25, 0.3) is 5.91 Å². The van der Waals surface area contributed by atoms with Crippen LogP contribution in [0.3, 0.4) is 0 Å². The Balaban J connectivity index is 2.04. The number of aromatic nitrogens is 1. The number of aryl methyl sites for hydroxylation is 1. The van der Waals surface area contributed by atoms with Crippen LogP contribution >= 0.6 is 0 Å². The number of anilines is 1. The van der Waals surface area contributed by atoms with Crippen LogP contribution < -0.4 is 10.1 Å². The van der Waals surface area contributed by atoms with Crippen LogP contribution in [0.1, 0.15) is 38.0 Å². The lowest BCUT2D eigenvalue weighted by Gasteiger charge is -2.18. The van der Waals surface area contributed by atoms with Crippen LogP contribution in [0.15, 0.2) is 34.9 Å². The van der Waals surface area contributed by atoms with E-state index >= 15 is 0 Å². The molecule has 0 unspecified atom stereocenters. The molecule has 0 saturated heterocycles. The Labute approximate surface area is 124 Å². The number of benzene rings is 1. The summed E-state index contributed by atoms with van der Waals surface area (Å²) in [5.74, 6) is 1.83. The quantitative estimate of drug-likeness (QED) is 0.914. The number of ether oxygens (including phenoxy) is 1. The zero-order chi connectivity index (χ0) is 15.4. The van der Waals surface area contributed by atoms with E-state index in [1.54, 1.807) is 19.9 Å². The highest BCUT2D eigenvalue weighted by Gasteiger charge is 2.18. The molecular weight excluding hydrogens is 268 g/mol. The molecule has 2 rings (SSSR count). The Morgan fingerprint density at radius 1 is 1.29 bits per heavy atom. The maximum absolute atomic E-state index is 12.1. The highest BCUT2D eigenvalue weighted by Crippen LogP contribution is 2.26. The second kappa shape index (κ2) is 6.43. The van der Waals surface area contributed by atoms with E-state index in [4.69, 9.17) is 9.26 Å². The fourth-order valence-corrected chi connectivity index (χ4v) is 1.96. The second-order valence-electron chi connectivity index (χ2n) is 5.26. The standard InChI is InChI=1S/C16H20N2O3/c1-10(2)13-7-5-6-8-14(13)20-12(4)16(19)17-15-9-11(3)21-18-15/h5-10,12H,1-4H3,(H,17,18,19)/t12-/m1/s1. The molecule has 1 aromatic heterocycles. The first-order valence-electron chi connectivity index (χ1n) is 6.97. The van der Waals surface area contributed by atoms with Gasteiger partial charge in [-0.05, 0) is 31.4 Å². The summed E-state index contributed by atoms with van der Waals surface area (Å²) in [6, 6.07) is 9.40. The van der Waals surface area contributed by atoms with E-state index in [2.05, 4.69) is 24.3 Å². The molecule has 0 bridgehead atoms. The fraction of sp³-hybridized carbons (Fsp3) is 0.375. The van der Waals surface area contributed by atoms with Gasteiger partial charge < -0.3 is 14.6 Å². The first-order chi connectivity index (χ1) is 9.97. The van der Waals surface area contributed by atoms with Gasteiger partial charge in [0.05, 0.1) is 0 Å². The van der Waals surface area contributed by atoms with Crippen LogP contribution in [0.25, 0.3) is 0 Å². The van der Waals surface area contributed by atoms with E-state index in [9.17, 15) is 4.79 Å². The minimum atomic E-state index is -0.623. The molecule has 0 aliphatic rings. The molecule has 1 amide bonds. The Morgan fingerprint density at radius 3 is 2.62 bits per heavy atom. The molecule has 112 valence electrons. The molecule has 5 heteroatoms. The average molecular weight is 288 g/mol. The SMILES string of the molecule is Cc1cc(NC(=O)[C@@H](C)Oc2ccccc2C(C)C)no1. The van der Waals surface area contributed by atoms with Crippen molar-refractivity contribution in [3.8, 4) is 5.75 Å². The van der Waals surface area contributed by atoms with Gasteiger partial charge in [-0.15, -0.1) is 0 Å². The van der Waals surface area contributed by atoms with Crippen molar-refractivity contribution in [1.82, 2.24) is 5.16 Å². The number of nitrogens with zero attached hydrogens (tertiary/aromatic N) is 1. The summed E-state index contributed by atoms with van der Waals surface area (Å²) in [5, 5.41) is 6.39. The number of nitrogens with one attached hydrogen (secondary N) is 1. The van der Waals surface area contributed by atoms with Crippen LogP contribution in [0, 0.1) is 6.92 Å². The van der Waals surface area contributed by atoms with E-state index in [0.717, 1.165) is 11.3 Å². The van der Waals surface area contributed by atoms with Crippen LogP contribution in [-0.2, 0) is 4.79 Å². The molecule has 0 fully saturated rings. The summed E-state index contributed by atoms with van der Waals surface area (Å²) in [6.45, 7) is 7.65. The maximum atomic E-state index is 12.1. The Morgan fingerprint density at radius 2 is 2.00 bits per heavy atom. The third-order valence-corrected chi connectivity index (χ3v) is 3.09. The van der Waals surface area contributed by atoms with Gasteiger partial charge in [0.1, 0.15) is 11.5 Å². The fourth-order valence-electron chi connectivity index (χ4n) is 1.96. The van der Waals surface area contributed by atoms with Gasteiger partial charge in [-0.25, -0.2) is 0 Å². The molecule has 5 nitrogen and oxygen atoms in total. The molecule has 2 aromatic rings. The number of carbonyl (C=O) groups excluding carboxylic acids is 1. The predicted molar refractivity (Wildman–Crippen MR) is 80.5 cm³/mol. The first kappa shape index (κ1) is 15.1. The lowest BCUT2D eigenvalue weighted by Crippen LogP contribution is -2.30. The normalized spacial score (nSPS) is 12.2. The first-order valence-corrected chi connectivity index (χ1v) is 6.97. The number of rotatable bonds is 5. The molecule has 1 atom stereocenters. The molecule has 0 aliphatic carbocycles.